The number of nitrogens with two attached hydrogens (primary N) is 1. The molecule has 0 saturated carbocycles. The van der Waals surface area contributed by atoms with Gasteiger partial charge in [0.05, 0.1) is 4.88 Å². The minimum Gasteiger partial charge on any atom is -0.336 e. The van der Waals surface area contributed by atoms with Crippen molar-refractivity contribution < 1.29 is 4.79 Å². The zero-order chi connectivity index (χ0) is 19.8. The summed E-state index contributed by atoms with van der Waals surface area (Å²) in [5.74, 6) is 0.813. The molecule has 0 radical (unpaired) electrons. The van der Waals surface area contributed by atoms with E-state index in [1.165, 1.54) is 47.5 Å². The highest BCUT2D eigenvalue weighted by atomic mass is 32.1. The lowest BCUT2D eigenvalue weighted by atomic mass is 9.86. The molecule has 0 spiro atoms. The van der Waals surface area contributed by atoms with E-state index in [0.29, 0.717) is 12.5 Å². The largest absolute Gasteiger partial charge is 0.336 e. The molecule has 1 amide bonds. The number of likely N-dealkylation sites (tertiary alicyclic amines) is 2. The first kappa shape index (κ1) is 19.6. The molecule has 1 aromatic heterocycles. The summed E-state index contributed by atoms with van der Waals surface area (Å²) in [4.78, 5) is 19.3. The van der Waals surface area contributed by atoms with E-state index in [1.807, 2.05) is 11.8 Å². The van der Waals surface area contributed by atoms with Crippen LogP contribution < -0.4 is 5.73 Å². The molecule has 28 heavy (non-hydrogen) atoms. The SMILES string of the molecule is Cc1cc(-c2cc(C)c(C(=O)N3CC[C@H](N)C3)s2)ccc1C1CCN(C)CC1. The average molecular weight is 398 g/mol. The summed E-state index contributed by atoms with van der Waals surface area (Å²) < 4.78 is 0. The summed E-state index contributed by atoms with van der Waals surface area (Å²) in [5.41, 5.74) is 11.1. The van der Waals surface area contributed by atoms with E-state index in [4.69, 9.17) is 5.73 Å². The summed E-state index contributed by atoms with van der Waals surface area (Å²) in [6.45, 7) is 8.09. The van der Waals surface area contributed by atoms with Crippen molar-refractivity contribution in [1.29, 1.82) is 0 Å². The number of nitrogens with zero attached hydrogens (tertiary/aromatic N) is 2. The first-order valence-electron chi connectivity index (χ1n) is 10.4. The van der Waals surface area contributed by atoms with Crippen molar-refractivity contribution in [2.24, 2.45) is 5.73 Å². The number of aryl methyl sites for hydroxylation is 2. The number of thiophene rings is 1. The monoisotopic (exact) mass is 397 g/mol. The second-order valence-corrected chi connectivity index (χ2v) is 9.62. The maximum absolute atomic E-state index is 12.9. The van der Waals surface area contributed by atoms with Gasteiger partial charge in [-0.15, -0.1) is 11.3 Å². The van der Waals surface area contributed by atoms with E-state index < -0.39 is 0 Å². The summed E-state index contributed by atoms with van der Waals surface area (Å²) in [7, 11) is 2.21. The van der Waals surface area contributed by atoms with E-state index in [1.54, 1.807) is 11.3 Å². The highest BCUT2D eigenvalue weighted by molar-refractivity contribution is 7.17. The van der Waals surface area contributed by atoms with Crippen LogP contribution in [0.1, 0.15) is 51.5 Å². The number of carbonyl (C=O) groups excluding carboxylic acids is 1. The highest BCUT2D eigenvalue weighted by Crippen LogP contribution is 2.36. The number of carbonyl (C=O) groups is 1. The quantitative estimate of drug-likeness (QED) is 0.851. The van der Waals surface area contributed by atoms with Crippen molar-refractivity contribution in [3.8, 4) is 10.4 Å². The van der Waals surface area contributed by atoms with Crippen LogP contribution in [-0.2, 0) is 0 Å². The van der Waals surface area contributed by atoms with Gasteiger partial charge in [0.25, 0.3) is 5.91 Å². The van der Waals surface area contributed by atoms with Crippen LogP contribution >= 0.6 is 11.3 Å². The number of hydrogen-bond acceptors (Lipinski definition) is 4. The van der Waals surface area contributed by atoms with Crippen molar-refractivity contribution in [1.82, 2.24) is 9.80 Å². The van der Waals surface area contributed by atoms with Gasteiger partial charge in [0.1, 0.15) is 0 Å². The lowest BCUT2D eigenvalue weighted by Gasteiger charge is -2.30. The second-order valence-electron chi connectivity index (χ2n) is 8.57. The minimum absolute atomic E-state index is 0.124. The maximum Gasteiger partial charge on any atom is 0.264 e. The lowest BCUT2D eigenvalue weighted by Crippen LogP contribution is -2.31. The molecule has 0 unspecified atom stereocenters. The van der Waals surface area contributed by atoms with Crippen molar-refractivity contribution in [2.45, 2.75) is 45.1 Å². The van der Waals surface area contributed by atoms with E-state index in [9.17, 15) is 4.79 Å². The van der Waals surface area contributed by atoms with Crippen LogP contribution in [0.25, 0.3) is 10.4 Å². The molecule has 2 fully saturated rings. The first-order chi connectivity index (χ1) is 13.4. The van der Waals surface area contributed by atoms with Gasteiger partial charge in [-0.25, -0.2) is 0 Å². The van der Waals surface area contributed by atoms with E-state index >= 15 is 0 Å². The third kappa shape index (κ3) is 3.88. The van der Waals surface area contributed by atoms with Crippen LogP contribution in [0.2, 0.25) is 0 Å². The van der Waals surface area contributed by atoms with Gasteiger partial charge >= 0.3 is 0 Å². The molecule has 2 aliphatic rings. The summed E-state index contributed by atoms with van der Waals surface area (Å²) in [6.07, 6.45) is 3.39. The zero-order valence-corrected chi connectivity index (χ0v) is 18.0. The van der Waals surface area contributed by atoms with Gasteiger partial charge in [0.15, 0.2) is 0 Å². The molecule has 3 heterocycles. The first-order valence-corrected chi connectivity index (χ1v) is 11.2. The van der Waals surface area contributed by atoms with E-state index in [0.717, 1.165) is 23.4 Å². The minimum atomic E-state index is 0.124. The average Bonchev–Trinajstić information content (AvgIpc) is 3.28. The molecular formula is C23H31N3OS. The Balaban J connectivity index is 1.55. The fourth-order valence-electron chi connectivity index (χ4n) is 4.56. The number of amides is 1. The molecule has 1 aromatic carbocycles. The molecule has 5 heteroatoms. The van der Waals surface area contributed by atoms with Crippen molar-refractivity contribution in [3.63, 3.8) is 0 Å². The van der Waals surface area contributed by atoms with E-state index in [2.05, 4.69) is 43.1 Å². The van der Waals surface area contributed by atoms with Gasteiger partial charge in [0.2, 0.25) is 0 Å². The second kappa shape index (κ2) is 7.97. The molecule has 2 aromatic rings. The maximum atomic E-state index is 12.9. The van der Waals surface area contributed by atoms with Crippen LogP contribution in [-0.4, -0.2) is 55.0 Å². The molecule has 2 N–H and O–H groups in total. The summed E-state index contributed by atoms with van der Waals surface area (Å²) >= 11 is 1.62. The smallest absolute Gasteiger partial charge is 0.264 e. The number of hydrogen-bond donors (Lipinski definition) is 1. The molecule has 2 saturated heterocycles. The molecule has 4 nitrogen and oxygen atoms in total. The van der Waals surface area contributed by atoms with Crippen molar-refractivity contribution in [2.75, 3.05) is 33.2 Å². The van der Waals surface area contributed by atoms with Crippen molar-refractivity contribution in [3.05, 3.63) is 45.8 Å². The van der Waals surface area contributed by atoms with Crippen LogP contribution in [0.3, 0.4) is 0 Å². The number of piperidine rings is 1. The topological polar surface area (TPSA) is 49.6 Å². The fourth-order valence-corrected chi connectivity index (χ4v) is 5.70. The zero-order valence-electron chi connectivity index (χ0n) is 17.2. The standard InChI is InChI=1S/C23H31N3OS/c1-15-12-18(4-5-20(15)17-6-9-25(3)10-7-17)21-13-16(2)22(28-21)23(27)26-11-8-19(24)14-26/h4-5,12-13,17,19H,6-11,14,24H2,1-3H3/t19-/m0/s1. The Bertz CT molecular complexity index is 867. The summed E-state index contributed by atoms with van der Waals surface area (Å²) in [6, 6.07) is 9.15. The molecule has 0 aliphatic carbocycles. The summed E-state index contributed by atoms with van der Waals surface area (Å²) in [5, 5.41) is 0. The molecule has 0 bridgehead atoms. The van der Waals surface area contributed by atoms with Gasteiger partial charge in [-0.2, -0.15) is 0 Å². The Labute approximate surface area is 172 Å². The van der Waals surface area contributed by atoms with Crippen LogP contribution in [0.15, 0.2) is 24.3 Å². The Morgan fingerprint density at radius 3 is 2.46 bits per heavy atom. The van der Waals surface area contributed by atoms with E-state index in [-0.39, 0.29) is 11.9 Å². The number of rotatable bonds is 3. The van der Waals surface area contributed by atoms with Crippen LogP contribution in [0.4, 0.5) is 0 Å². The molecule has 150 valence electrons. The fraction of sp³-hybridized carbons (Fsp3) is 0.522. The van der Waals surface area contributed by atoms with Gasteiger partial charge in [-0.1, -0.05) is 18.2 Å². The van der Waals surface area contributed by atoms with Gasteiger partial charge < -0.3 is 15.5 Å². The third-order valence-corrected chi connectivity index (χ3v) is 7.61. The Hall–Kier alpha value is -1.69. The Morgan fingerprint density at radius 2 is 1.82 bits per heavy atom. The Kier molecular flexibility index (Phi) is 5.59. The van der Waals surface area contributed by atoms with Crippen LogP contribution in [0, 0.1) is 13.8 Å². The lowest BCUT2D eigenvalue weighted by molar-refractivity contribution is 0.0795. The van der Waals surface area contributed by atoms with Gasteiger partial charge in [0, 0.05) is 24.0 Å². The third-order valence-electron chi connectivity index (χ3n) is 6.34. The normalized spacial score (nSPS) is 21.4. The Morgan fingerprint density at radius 1 is 1.07 bits per heavy atom. The molecule has 4 rings (SSSR count). The van der Waals surface area contributed by atoms with Crippen molar-refractivity contribution >= 4 is 17.2 Å². The molecular weight excluding hydrogens is 366 g/mol. The predicted octanol–water partition coefficient (Wildman–Crippen LogP) is 4.01. The van der Waals surface area contributed by atoms with Gasteiger partial charge in [-0.3, -0.25) is 4.79 Å². The molecule has 2 aliphatic heterocycles. The predicted molar refractivity (Wildman–Crippen MR) is 117 cm³/mol. The van der Waals surface area contributed by atoms with Gasteiger partial charge in [-0.05, 0) is 87.5 Å². The highest BCUT2D eigenvalue weighted by Gasteiger charge is 2.27. The molecule has 1 atom stereocenters. The number of benzene rings is 1. The van der Waals surface area contributed by atoms with Crippen LogP contribution in [0.5, 0.6) is 0 Å².